The van der Waals surface area contributed by atoms with E-state index in [1.54, 1.807) is 13.1 Å². The van der Waals surface area contributed by atoms with Crippen LogP contribution in [0.2, 0.25) is 0 Å². The van der Waals surface area contributed by atoms with Crippen molar-refractivity contribution in [2.45, 2.75) is 20.3 Å². The third-order valence-electron chi connectivity index (χ3n) is 1.47. The van der Waals surface area contributed by atoms with E-state index < -0.39 is 10.0 Å². The number of nitrogens with zero attached hydrogens (tertiary/aromatic N) is 2. The Morgan fingerprint density at radius 2 is 2.23 bits per heavy atom. The van der Waals surface area contributed by atoms with Crippen LogP contribution in [0.1, 0.15) is 18.7 Å². The van der Waals surface area contributed by atoms with Crippen molar-refractivity contribution in [2.75, 3.05) is 5.75 Å². The Morgan fingerprint density at radius 3 is 2.69 bits per heavy atom. The van der Waals surface area contributed by atoms with Crippen LogP contribution in [0, 0.1) is 0 Å². The minimum absolute atomic E-state index is 0.0219. The summed E-state index contributed by atoms with van der Waals surface area (Å²) in [6.07, 6.45) is 2.52. The summed E-state index contributed by atoms with van der Waals surface area (Å²) in [7, 11) is -3.29. The van der Waals surface area contributed by atoms with Gasteiger partial charge in [-0.05, 0) is 13.3 Å². The van der Waals surface area contributed by atoms with Crippen molar-refractivity contribution in [3.8, 4) is 0 Å². The van der Waals surface area contributed by atoms with Crippen LogP contribution in [0.5, 0.6) is 0 Å². The minimum Gasteiger partial charge on any atom is -0.226 e. The van der Waals surface area contributed by atoms with Crippen molar-refractivity contribution < 1.29 is 8.42 Å². The van der Waals surface area contributed by atoms with Gasteiger partial charge in [-0.1, -0.05) is 18.3 Å². The van der Waals surface area contributed by atoms with Crippen LogP contribution in [0.15, 0.2) is 6.20 Å². The van der Waals surface area contributed by atoms with Gasteiger partial charge in [-0.15, -0.1) is 4.72 Å². The smallest absolute Gasteiger partial charge is 0.226 e. The predicted octanol–water partition coefficient (Wildman–Crippen LogP) is 1.29. The van der Waals surface area contributed by atoms with Crippen LogP contribution in [0.3, 0.4) is 0 Å². The first-order chi connectivity index (χ1) is 6.07. The molecule has 1 radical (unpaired) electrons. The molecule has 1 aromatic heterocycles. The van der Waals surface area contributed by atoms with E-state index in [9.17, 15) is 8.42 Å². The molecule has 13 heavy (non-hydrogen) atoms. The first-order valence-electron chi connectivity index (χ1n) is 3.97. The molecule has 0 fully saturated rings. The summed E-state index contributed by atoms with van der Waals surface area (Å²) in [5.41, 5.74) is 0. The molecule has 0 atom stereocenters. The number of thiazole rings is 1. The van der Waals surface area contributed by atoms with Gasteiger partial charge in [0.2, 0.25) is 5.13 Å². The van der Waals surface area contributed by atoms with Crippen molar-refractivity contribution in [3.63, 3.8) is 0 Å². The molecule has 0 aliphatic rings. The van der Waals surface area contributed by atoms with E-state index in [4.69, 9.17) is 0 Å². The molecule has 0 saturated carbocycles. The average molecular weight is 219 g/mol. The van der Waals surface area contributed by atoms with Gasteiger partial charge in [-0.3, -0.25) is 0 Å². The summed E-state index contributed by atoms with van der Waals surface area (Å²) in [6.45, 7) is 3.55. The molecule has 1 heterocycles. The molecule has 4 nitrogen and oxygen atoms in total. The van der Waals surface area contributed by atoms with Crippen molar-refractivity contribution in [1.82, 2.24) is 9.71 Å². The van der Waals surface area contributed by atoms with Gasteiger partial charge >= 0.3 is 0 Å². The Morgan fingerprint density at radius 1 is 1.54 bits per heavy atom. The molecule has 0 aromatic carbocycles. The van der Waals surface area contributed by atoms with E-state index in [1.807, 2.05) is 6.92 Å². The molecule has 0 saturated heterocycles. The number of rotatable bonds is 4. The fraction of sp³-hybridized carbons (Fsp3) is 0.571. The number of hydrogen-bond acceptors (Lipinski definition) is 4. The standard InChI is InChI=1S/C7H11N2O2S2/c1-3-6-5-8-7(12-6)9-13(10,11)4-2/h5H,3-4H2,1-2H3. The van der Waals surface area contributed by atoms with Crippen LogP contribution in [-0.4, -0.2) is 19.2 Å². The molecular weight excluding hydrogens is 208 g/mol. The first-order valence-corrected chi connectivity index (χ1v) is 6.40. The monoisotopic (exact) mass is 219 g/mol. The van der Waals surface area contributed by atoms with Crippen LogP contribution < -0.4 is 4.72 Å². The van der Waals surface area contributed by atoms with Gasteiger partial charge in [0.25, 0.3) is 10.0 Å². The fourth-order valence-corrected chi connectivity index (χ4v) is 2.18. The van der Waals surface area contributed by atoms with Gasteiger partial charge in [-0.2, -0.15) is 0 Å². The van der Waals surface area contributed by atoms with Crippen molar-refractivity contribution in [3.05, 3.63) is 11.1 Å². The quantitative estimate of drug-likeness (QED) is 0.766. The summed E-state index contributed by atoms with van der Waals surface area (Å²) in [4.78, 5) is 4.94. The summed E-state index contributed by atoms with van der Waals surface area (Å²) in [5.74, 6) is 0.0219. The molecule has 6 heteroatoms. The lowest BCUT2D eigenvalue weighted by atomic mass is 10.4. The Labute approximate surface area is 82.1 Å². The molecule has 1 aromatic rings. The Balaban J connectivity index is 2.75. The topological polar surface area (TPSA) is 61.1 Å². The molecule has 0 bridgehead atoms. The normalized spacial score (nSPS) is 11.5. The second-order valence-electron chi connectivity index (χ2n) is 2.42. The summed E-state index contributed by atoms with van der Waals surface area (Å²) in [6, 6.07) is 0. The number of aryl methyl sites for hydroxylation is 1. The fourth-order valence-electron chi connectivity index (χ4n) is 0.686. The number of aromatic nitrogens is 1. The molecule has 0 spiro atoms. The predicted molar refractivity (Wildman–Crippen MR) is 52.7 cm³/mol. The van der Waals surface area contributed by atoms with Crippen molar-refractivity contribution in [1.29, 1.82) is 0 Å². The highest BCUT2D eigenvalue weighted by Crippen LogP contribution is 2.19. The molecule has 0 N–H and O–H groups in total. The lowest BCUT2D eigenvalue weighted by Crippen LogP contribution is -2.13. The van der Waals surface area contributed by atoms with Gasteiger partial charge in [0.05, 0.1) is 5.75 Å². The lowest BCUT2D eigenvalue weighted by Gasteiger charge is -1.95. The average Bonchev–Trinajstić information content (AvgIpc) is 2.52. The van der Waals surface area contributed by atoms with E-state index in [-0.39, 0.29) is 5.75 Å². The maximum atomic E-state index is 11.1. The van der Waals surface area contributed by atoms with Crippen LogP contribution in [0.4, 0.5) is 5.13 Å². The van der Waals surface area contributed by atoms with E-state index in [0.717, 1.165) is 11.3 Å². The molecule has 1 rings (SSSR count). The van der Waals surface area contributed by atoms with Crippen molar-refractivity contribution >= 4 is 26.5 Å². The lowest BCUT2D eigenvalue weighted by molar-refractivity contribution is 0.591. The minimum atomic E-state index is -3.29. The summed E-state index contributed by atoms with van der Waals surface area (Å²) in [5, 5.41) is 0.332. The molecule has 0 unspecified atom stereocenters. The highest BCUT2D eigenvalue weighted by atomic mass is 32.2. The van der Waals surface area contributed by atoms with Crippen LogP contribution >= 0.6 is 11.3 Å². The molecule has 73 valence electrons. The maximum absolute atomic E-state index is 11.1. The van der Waals surface area contributed by atoms with Gasteiger partial charge in [0.1, 0.15) is 0 Å². The second kappa shape index (κ2) is 4.06. The maximum Gasteiger partial charge on any atom is 0.255 e. The number of sulfonamides is 1. The highest BCUT2D eigenvalue weighted by Gasteiger charge is 2.12. The Hall–Kier alpha value is -0.620. The summed E-state index contributed by atoms with van der Waals surface area (Å²) >= 11 is 1.32. The third kappa shape index (κ3) is 2.96. The SMILES string of the molecule is CCc1cnc([N]S(=O)(=O)CC)s1. The Bertz CT molecular complexity index is 370. The van der Waals surface area contributed by atoms with Crippen LogP contribution in [-0.2, 0) is 16.4 Å². The zero-order valence-corrected chi connectivity index (χ0v) is 9.15. The first kappa shape index (κ1) is 10.5. The van der Waals surface area contributed by atoms with Crippen molar-refractivity contribution in [2.24, 2.45) is 0 Å². The van der Waals surface area contributed by atoms with E-state index in [0.29, 0.717) is 5.13 Å². The van der Waals surface area contributed by atoms with E-state index in [1.165, 1.54) is 11.3 Å². The highest BCUT2D eigenvalue weighted by molar-refractivity contribution is 7.89. The van der Waals surface area contributed by atoms with E-state index >= 15 is 0 Å². The third-order valence-corrected chi connectivity index (χ3v) is 3.80. The molecule has 0 aliphatic carbocycles. The van der Waals surface area contributed by atoms with E-state index in [2.05, 4.69) is 9.71 Å². The van der Waals surface area contributed by atoms with Gasteiger partial charge < -0.3 is 0 Å². The second-order valence-corrected chi connectivity index (χ2v) is 5.44. The Kier molecular flexibility index (Phi) is 3.27. The molecular formula is C7H11N2O2S2. The summed E-state index contributed by atoms with van der Waals surface area (Å²) < 4.78 is 25.7. The zero-order chi connectivity index (χ0) is 9.90. The molecule has 0 aliphatic heterocycles. The largest absolute Gasteiger partial charge is 0.255 e. The molecule has 0 amide bonds. The van der Waals surface area contributed by atoms with Gasteiger partial charge in [-0.25, -0.2) is 13.4 Å². The van der Waals surface area contributed by atoms with Crippen LogP contribution in [0.25, 0.3) is 0 Å². The van der Waals surface area contributed by atoms with Gasteiger partial charge in [0.15, 0.2) is 0 Å². The number of hydrogen-bond donors (Lipinski definition) is 0. The van der Waals surface area contributed by atoms with Gasteiger partial charge in [0, 0.05) is 11.1 Å². The zero-order valence-electron chi connectivity index (χ0n) is 7.52.